The molecule has 0 spiro atoms. The second-order valence-corrected chi connectivity index (χ2v) is 5.05. The Morgan fingerprint density at radius 1 is 1.28 bits per heavy atom. The molecule has 98 valence electrons. The summed E-state index contributed by atoms with van der Waals surface area (Å²) < 4.78 is 7.59. The molecule has 0 saturated heterocycles. The van der Waals surface area contributed by atoms with Crippen LogP contribution in [-0.2, 0) is 6.54 Å². The molecule has 0 radical (unpaired) electrons. The van der Waals surface area contributed by atoms with Crippen molar-refractivity contribution in [2.24, 2.45) is 0 Å². The van der Waals surface area contributed by atoms with Crippen molar-refractivity contribution < 1.29 is 4.42 Å². The van der Waals surface area contributed by atoms with Gasteiger partial charge in [0.2, 0.25) is 0 Å². The van der Waals surface area contributed by atoms with Crippen molar-refractivity contribution in [3.8, 4) is 11.3 Å². The molecule has 0 atom stereocenters. The predicted octanol–water partition coefficient (Wildman–Crippen LogP) is 3.22. The number of hydrogen-bond acceptors (Lipinski definition) is 3. The molecule has 2 aromatic heterocycles. The van der Waals surface area contributed by atoms with Crippen LogP contribution in [0.15, 0.2) is 29.0 Å². The predicted molar refractivity (Wildman–Crippen MR) is 72.3 cm³/mol. The lowest BCUT2D eigenvalue weighted by Crippen LogP contribution is -2.21. The first-order valence-electron chi connectivity index (χ1n) is 6.43. The molecule has 2 aromatic rings. The topological polar surface area (TPSA) is 43.0 Å². The molecule has 18 heavy (non-hydrogen) atoms. The number of aromatic nitrogens is 2. The van der Waals surface area contributed by atoms with Crippen LogP contribution in [0.4, 0.5) is 0 Å². The van der Waals surface area contributed by atoms with Crippen LogP contribution in [0, 0.1) is 0 Å². The third-order valence-electron chi connectivity index (χ3n) is 2.85. The zero-order valence-electron chi connectivity index (χ0n) is 11.5. The van der Waals surface area contributed by atoms with Crippen LogP contribution >= 0.6 is 0 Å². The molecule has 0 aliphatic rings. The molecule has 0 saturated carbocycles. The first-order chi connectivity index (χ1) is 8.59. The highest BCUT2D eigenvalue weighted by molar-refractivity contribution is 5.61. The summed E-state index contributed by atoms with van der Waals surface area (Å²) in [5, 5.41) is 7.74. The van der Waals surface area contributed by atoms with Gasteiger partial charge in [0.15, 0.2) is 0 Å². The van der Waals surface area contributed by atoms with Gasteiger partial charge < -0.3 is 9.73 Å². The van der Waals surface area contributed by atoms with Crippen molar-refractivity contribution in [2.45, 2.75) is 46.3 Å². The van der Waals surface area contributed by atoms with Crippen molar-refractivity contribution in [1.29, 1.82) is 0 Å². The Balaban J connectivity index is 2.28. The molecule has 2 rings (SSSR count). The average Bonchev–Trinajstić information content (AvgIpc) is 2.94. The number of furan rings is 1. The van der Waals surface area contributed by atoms with Gasteiger partial charge in [0, 0.05) is 23.8 Å². The fraction of sp³-hybridized carbons (Fsp3) is 0.500. The van der Waals surface area contributed by atoms with Gasteiger partial charge in [-0.05, 0) is 26.0 Å². The van der Waals surface area contributed by atoms with Gasteiger partial charge in [-0.2, -0.15) is 5.10 Å². The molecule has 0 bridgehead atoms. The Morgan fingerprint density at radius 2 is 2.06 bits per heavy atom. The third kappa shape index (κ3) is 2.64. The lowest BCUT2D eigenvalue weighted by Gasteiger charge is -2.12. The van der Waals surface area contributed by atoms with Crippen LogP contribution in [0.5, 0.6) is 0 Å². The summed E-state index contributed by atoms with van der Waals surface area (Å²) >= 11 is 0. The first-order valence-corrected chi connectivity index (χ1v) is 6.43. The van der Waals surface area contributed by atoms with Crippen LogP contribution < -0.4 is 5.32 Å². The molecule has 4 nitrogen and oxygen atoms in total. The van der Waals surface area contributed by atoms with Crippen LogP contribution in [0.3, 0.4) is 0 Å². The van der Waals surface area contributed by atoms with Crippen LogP contribution in [0.1, 0.15) is 39.5 Å². The van der Waals surface area contributed by atoms with Gasteiger partial charge in [-0.15, -0.1) is 0 Å². The zero-order valence-corrected chi connectivity index (χ0v) is 11.5. The lowest BCUT2D eigenvalue weighted by atomic mass is 10.1. The second-order valence-electron chi connectivity index (χ2n) is 5.05. The molecule has 0 fully saturated rings. The maximum absolute atomic E-state index is 5.57. The quantitative estimate of drug-likeness (QED) is 0.882. The van der Waals surface area contributed by atoms with Gasteiger partial charge in [0.1, 0.15) is 5.76 Å². The number of nitrogens with one attached hydrogen (secondary N) is 1. The van der Waals surface area contributed by atoms with Gasteiger partial charge in [0.25, 0.3) is 0 Å². The number of rotatable bonds is 5. The van der Waals surface area contributed by atoms with E-state index >= 15 is 0 Å². The van der Waals surface area contributed by atoms with Gasteiger partial charge in [-0.1, -0.05) is 13.8 Å². The van der Waals surface area contributed by atoms with E-state index in [2.05, 4.69) is 38.1 Å². The monoisotopic (exact) mass is 247 g/mol. The highest BCUT2D eigenvalue weighted by atomic mass is 16.3. The Morgan fingerprint density at radius 3 is 2.72 bits per heavy atom. The number of nitrogens with zero attached hydrogens (tertiary/aromatic N) is 2. The standard InChI is InChI=1S/C14H21N3O/c1-10(2)15-9-14-12(6-8-18-14)13-5-7-16-17(13)11(3)4/h5-8,10-11,15H,9H2,1-4H3. The summed E-state index contributed by atoms with van der Waals surface area (Å²) in [7, 11) is 0. The molecule has 0 amide bonds. The summed E-state index contributed by atoms with van der Waals surface area (Å²) in [6.07, 6.45) is 3.58. The SMILES string of the molecule is CC(C)NCc1occc1-c1ccnn1C(C)C. The molecule has 4 heteroatoms. The third-order valence-corrected chi connectivity index (χ3v) is 2.85. The van der Waals surface area contributed by atoms with Gasteiger partial charge in [-0.25, -0.2) is 0 Å². The molecule has 1 N–H and O–H groups in total. The first kappa shape index (κ1) is 12.9. The smallest absolute Gasteiger partial charge is 0.126 e. The fourth-order valence-corrected chi connectivity index (χ4v) is 1.94. The van der Waals surface area contributed by atoms with Gasteiger partial charge in [-0.3, -0.25) is 4.68 Å². The van der Waals surface area contributed by atoms with Crippen LogP contribution in [-0.4, -0.2) is 15.8 Å². The van der Waals surface area contributed by atoms with Crippen LogP contribution in [0.2, 0.25) is 0 Å². The van der Waals surface area contributed by atoms with Crippen molar-refractivity contribution in [1.82, 2.24) is 15.1 Å². The molecule has 2 heterocycles. The van der Waals surface area contributed by atoms with Crippen molar-refractivity contribution >= 4 is 0 Å². The average molecular weight is 247 g/mol. The van der Waals surface area contributed by atoms with Crippen molar-refractivity contribution in [3.05, 3.63) is 30.4 Å². The largest absolute Gasteiger partial charge is 0.467 e. The Hall–Kier alpha value is -1.55. The summed E-state index contributed by atoms with van der Waals surface area (Å²) in [5.74, 6) is 0.964. The van der Waals surface area contributed by atoms with E-state index in [0.717, 1.165) is 23.6 Å². The molecule has 0 aliphatic heterocycles. The summed E-state index contributed by atoms with van der Waals surface area (Å²) in [5.41, 5.74) is 2.23. The van der Waals surface area contributed by atoms with Gasteiger partial charge >= 0.3 is 0 Å². The Labute approximate surface area is 108 Å². The Bertz CT molecular complexity index is 497. The highest BCUT2D eigenvalue weighted by Gasteiger charge is 2.14. The molecule has 0 aliphatic carbocycles. The maximum atomic E-state index is 5.57. The van der Waals surface area contributed by atoms with E-state index in [-0.39, 0.29) is 0 Å². The number of hydrogen-bond donors (Lipinski definition) is 1. The maximum Gasteiger partial charge on any atom is 0.126 e. The van der Waals surface area contributed by atoms with E-state index < -0.39 is 0 Å². The molecule has 0 aromatic carbocycles. The van der Waals surface area contributed by atoms with Crippen molar-refractivity contribution in [2.75, 3.05) is 0 Å². The van der Waals surface area contributed by atoms with Crippen LogP contribution in [0.25, 0.3) is 11.3 Å². The van der Waals surface area contributed by atoms with Crippen molar-refractivity contribution in [3.63, 3.8) is 0 Å². The minimum Gasteiger partial charge on any atom is -0.467 e. The minimum atomic E-state index is 0.343. The molecular formula is C14H21N3O. The summed E-state index contributed by atoms with van der Waals surface area (Å²) in [4.78, 5) is 0. The van der Waals surface area contributed by atoms with E-state index in [1.165, 1.54) is 0 Å². The minimum absolute atomic E-state index is 0.343. The van der Waals surface area contributed by atoms with E-state index in [0.29, 0.717) is 12.1 Å². The Kier molecular flexibility index (Phi) is 3.87. The molecule has 0 unspecified atom stereocenters. The normalized spacial score (nSPS) is 11.7. The fourth-order valence-electron chi connectivity index (χ4n) is 1.94. The van der Waals surface area contributed by atoms with E-state index in [1.807, 2.05) is 23.0 Å². The molecular weight excluding hydrogens is 226 g/mol. The highest BCUT2D eigenvalue weighted by Crippen LogP contribution is 2.26. The lowest BCUT2D eigenvalue weighted by molar-refractivity contribution is 0.465. The van der Waals surface area contributed by atoms with Gasteiger partial charge in [0.05, 0.1) is 18.5 Å². The van der Waals surface area contributed by atoms with E-state index in [9.17, 15) is 0 Å². The van der Waals surface area contributed by atoms with E-state index in [4.69, 9.17) is 4.42 Å². The zero-order chi connectivity index (χ0) is 13.1. The summed E-state index contributed by atoms with van der Waals surface area (Å²) in [6.45, 7) is 9.25. The van der Waals surface area contributed by atoms with E-state index in [1.54, 1.807) is 6.26 Å². The summed E-state index contributed by atoms with van der Waals surface area (Å²) in [6, 6.07) is 4.82. The second kappa shape index (κ2) is 5.40.